The van der Waals surface area contributed by atoms with Gasteiger partial charge in [0, 0.05) is 5.39 Å². The summed E-state index contributed by atoms with van der Waals surface area (Å²) in [7, 11) is 0. The van der Waals surface area contributed by atoms with Gasteiger partial charge in [-0.05, 0) is 12.1 Å². The van der Waals surface area contributed by atoms with E-state index >= 15 is 0 Å². The minimum Gasteiger partial charge on any atom is -0.463 e. The van der Waals surface area contributed by atoms with Crippen molar-refractivity contribution < 1.29 is 4.42 Å². The monoisotopic (exact) mass is 181 g/mol. The van der Waals surface area contributed by atoms with Crippen molar-refractivity contribution in [3.05, 3.63) is 36.1 Å². The van der Waals surface area contributed by atoms with Crippen LogP contribution in [-0.2, 0) is 0 Å². The third-order valence-corrected chi connectivity index (χ3v) is 1.87. The molecule has 0 amide bonds. The Morgan fingerprint density at radius 1 is 1.29 bits per heavy atom. The summed E-state index contributed by atoms with van der Waals surface area (Å²) in [4.78, 5) is 0. The fraction of sp³-hybridized carbons (Fsp3) is 0.0833. The van der Waals surface area contributed by atoms with Gasteiger partial charge in [-0.2, -0.15) is 5.26 Å². The number of fused-ring (bicyclic) bond motifs is 1. The summed E-state index contributed by atoms with van der Waals surface area (Å²) in [5.41, 5.74) is 1.67. The molecule has 0 aliphatic carbocycles. The molecule has 0 spiro atoms. The highest BCUT2D eigenvalue weighted by atomic mass is 16.3. The molecule has 0 N–H and O–H groups in total. The first-order valence-electron chi connectivity index (χ1n) is 4.24. The molecule has 1 aromatic carbocycles. The second kappa shape index (κ2) is 3.68. The van der Waals surface area contributed by atoms with Crippen LogP contribution >= 0.6 is 0 Å². The molecule has 1 heterocycles. The van der Waals surface area contributed by atoms with Crippen molar-refractivity contribution >= 4 is 11.0 Å². The Bertz CT molecular complexity index is 549. The molecule has 14 heavy (non-hydrogen) atoms. The summed E-state index contributed by atoms with van der Waals surface area (Å²) in [5.74, 6) is 5.66. The third-order valence-electron chi connectivity index (χ3n) is 1.87. The van der Waals surface area contributed by atoms with Gasteiger partial charge in [-0.25, -0.2) is 0 Å². The fourth-order valence-electron chi connectivity index (χ4n) is 1.25. The first-order chi connectivity index (χ1) is 6.92. The summed E-state index contributed by atoms with van der Waals surface area (Å²) in [6.45, 7) is 0. The molecule has 0 saturated heterocycles. The molecule has 0 saturated carbocycles. The average Bonchev–Trinajstić information content (AvgIpc) is 2.63. The van der Waals surface area contributed by atoms with E-state index in [0.717, 1.165) is 16.5 Å². The maximum Gasteiger partial charge on any atom is 0.135 e. The van der Waals surface area contributed by atoms with Gasteiger partial charge >= 0.3 is 0 Å². The molecule has 0 unspecified atom stereocenters. The zero-order valence-corrected chi connectivity index (χ0v) is 7.45. The molecule has 0 radical (unpaired) electrons. The van der Waals surface area contributed by atoms with E-state index in [1.165, 1.54) is 0 Å². The van der Waals surface area contributed by atoms with E-state index in [0.29, 0.717) is 0 Å². The van der Waals surface area contributed by atoms with Gasteiger partial charge in [-0.15, -0.1) is 0 Å². The SMILES string of the molecule is N#CCC#Cc1coc2ccccc12. The van der Waals surface area contributed by atoms with Crippen LogP contribution < -0.4 is 0 Å². The Morgan fingerprint density at radius 2 is 2.14 bits per heavy atom. The van der Waals surface area contributed by atoms with E-state index in [9.17, 15) is 0 Å². The van der Waals surface area contributed by atoms with Gasteiger partial charge in [-0.3, -0.25) is 0 Å². The van der Waals surface area contributed by atoms with Crippen molar-refractivity contribution in [1.82, 2.24) is 0 Å². The highest BCUT2D eigenvalue weighted by Gasteiger charge is 2.00. The van der Waals surface area contributed by atoms with E-state index in [1.807, 2.05) is 30.3 Å². The molecule has 0 aliphatic rings. The molecule has 1 aromatic heterocycles. The molecule has 0 fully saturated rings. The van der Waals surface area contributed by atoms with Gasteiger partial charge in [0.2, 0.25) is 0 Å². The lowest BCUT2D eigenvalue weighted by Crippen LogP contribution is -1.69. The van der Waals surface area contributed by atoms with Gasteiger partial charge in [0.05, 0.1) is 18.1 Å². The van der Waals surface area contributed by atoms with E-state index in [2.05, 4.69) is 11.8 Å². The van der Waals surface area contributed by atoms with Gasteiger partial charge < -0.3 is 4.42 Å². The molecule has 0 atom stereocenters. The van der Waals surface area contributed by atoms with E-state index in [-0.39, 0.29) is 6.42 Å². The summed E-state index contributed by atoms with van der Waals surface area (Å²) in [6, 6.07) is 9.67. The van der Waals surface area contributed by atoms with Crippen LogP contribution in [0.1, 0.15) is 12.0 Å². The number of furan rings is 1. The molecule has 2 heteroatoms. The highest BCUT2D eigenvalue weighted by Crippen LogP contribution is 2.19. The third kappa shape index (κ3) is 1.46. The number of nitrogens with zero attached hydrogens (tertiary/aromatic N) is 1. The smallest absolute Gasteiger partial charge is 0.135 e. The van der Waals surface area contributed by atoms with Crippen LogP contribution in [0.3, 0.4) is 0 Å². The summed E-state index contributed by atoms with van der Waals surface area (Å²) in [6.07, 6.45) is 1.87. The van der Waals surface area contributed by atoms with E-state index < -0.39 is 0 Å². The van der Waals surface area contributed by atoms with Crippen LogP contribution in [-0.4, -0.2) is 0 Å². The molecule has 66 valence electrons. The Morgan fingerprint density at radius 3 is 3.00 bits per heavy atom. The molecule has 0 aliphatic heterocycles. The Labute approximate surface area is 81.8 Å². The number of rotatable bonds is 0. The minimum atomic E-state index is 0.250. The summed E-state index contributed by atoms with van der Waals surface area (Å²) < 4.78 is 5.29. The second-order valence-electron chi connectivity index (χ2n) is 2.78. The quantitative estimate of drug-likeness (QED) is 0.586. The minimum absolute atomic E-state index is 0.250. The van der Waals surface area contributed by atoms with Crippen molar-refractivity contribution in [2.45, 2.75) is 6.42 Å². The number of hydrogen-bond acceptors (Lipinski definition) is 2. The molecule has 2 nitrogen and oxygen atoms in total. The summed E-state index contributed by atoms with van der Waals surface area (Å²) in [5, 5.41) is 9.33. The number of hydrogen-bond donors (Lipinski definition) is 0. The van der Waals surface area contributed by atoms with Crippen molar-refractivity contribution in [3.63, 3.8) is 0 Å². The topological polar surface area (TPSA) is 36.9 Å². The largest absolute Gasteiger partial charge is 0.463 e. The molecular weight excluding hydrogens is 174 g/mol. The number of para-hydroxylation sites is 1. The zero-order valence-electron chi connectivity index (χ0n) is 7.45. The summed E-state index contributed by atoms with van der Waals surface area (Å²) >= 11 is 0. The first-order valence-corrected chi connectivity index (χ1v) is 4.24. The van der Waals surface area contributed by atoms with Gasteiger partial charge in [0.15, 0.2) is 0 Å². The highest BCUT2D eigenvalue weighted by molar-refractivity contribution is 5.83. The standard InChI is InChI=1S/C12H7NO/c13-8-4-3-5-10-9-14-12-7-2-1-6-11(10)12/h1-2,6-7,9H,4H2. The molecule has 2 rings (SSSR count). The normalized spacial score (nSPS) is 9.07. The van der Waals surface area contributed by atoms with Gasteiger partial charge in [0.25, 0.3) is 0 Å². The van der Waals surface area contributed by atoms with Crippen molar-refractivity contribution in [3.8, 4) is 17.9 Å². The van der Waals surface area contributed by atoms with E-state index in [4.69, 9.17) is 9.68 Å². The lowest BCUT2D eigenvalue weighted by atomic mass is 10.2. The van der Waals surface area contributed by atoms with Crippen molar-refractivity contribution in [1.29, 1.82) is 5.26 Å². The fourth-order valence-corrected chi connectivity index (χ4v) is 1.25. The van der Waals surface area contributed by atoms with Crippen LogP contribution in [0.2, 0.25) is 0 Å². The lowest BCUT2D eigenvalue weighted by molar-refractivity contribution is 0.615. The second-order valence-corrected chi connectivity index (χ2v) is 2.78. The molecule has 2 aromatic rings. The number of benzene rings is 1. The lowest BCUT2D eigenvalue weighted by Gasteiger charge is -1.85. The predicted octanol–water partition coefficient (Wildman–Crippen LogP) is 2.70. The molecule has 0 bridgehead atoms. The first kappa shape index (κ1) is 8.41. The Hall–Kier alpha value is -2.19. The molecular formula is C12H7NO. The number of nitriles is 1. The van der Waals surface area contributed by atoms with Crippen LogP contribution in [0.4, 0.5) is 0 Å². The average molecular weight is 181 g/mol. The Kier molecular flexibility index (Phi) is 2.21. The van der Waals surface area contributed by atoms with E-state index in [1.54, 1.807) is 6.26 Å². The van der Waals surface area contributed by atoms with Gasteiger partial charge in [0.1, 0.15) is 11.8 Å². The Balaban J connectivity index is 2.46. The maximum absolute atomic E-state index is 8.33. The van der Waals surface area contributed by atoms with Gasteiger partial charge in [-0.1, -0.05) is 24.0 Å². The van der Waals surface area contributed by atoms with Crippen molar-refractivity contribution in [2.24, 2.45) is 0 Å². The zero-order chi connectivity index (χ0) is 9.80. The predicted molar refractivity (Wildman–Crippen MR) is 53.3 cm³/mol. The van der Waals surface area contributed by atoms with Crippen LogP contribution in [0.25, 0.3) is 11.0 Å². The van der Waals surface area contributed by atoms with Crippen molar-refractivity contribution in [2.75, 3.05) is 0 Å². The van der Waals surface area contributed by atoms with Crippen LogP contribution in [0, 0.1) is 23.2 Å². The maximum atomic E-state index is 8.33. The van der Waals surface area contributed by atoms with Crippen LogP contribution in [0.5, 0.6) is 0 Å². The van der Waals surface area contributed by atoms with Crippen LogP contribution in [0.15, 0.2) is 34.9 Å².